The third-order valence-corrected chi connectivity index (χ3v) is 4.14. The molecule has 0 fully saturated rings. The molecular weight excluding hydrogens is 302 g/mol. The van der Waals surface area contributed by atoms with Gasteiger partial charge < -0.3 is 10.5 Å². The summed E-state index contributed by atoms with van der Waals surface area (Å²) in [6.45, 7) is -1.77. The van der Waals surface area contributed by atoms with Crippen LogP contribution in [0.2, 0.25) is 0 Å². The van der Waals surface area contributed by atoms with E-state index in [4.69, 9.17) is 5.73 Å². The highest BCUT2D eigenvalue weighted by molar-refractivity contribution is 7.91. The summed E-state index contributed by atoms with van der Waals surface area (Å²) in [6.07, 6.45) is -4.56. The zero-order valence-corrected chi connectivity index (χ0v) is 11.1. The minimum atomic E-state index is -4.44. The van der Waals surface area contributed by atoms with Gasteiger partial charge in [0, 0.05) is 6.61 Å². The van der Waals surface area contributed by atoms with Crippen LogP contribution in [-0.2, 0) is 14.6 Å². The summed E-state index contributed by atoms with van der Waals surface area (Å²) in [5, 5.41) is 0. The predicted molar refractivity (Wildman–Crippen MR) is 64.4 cm³/mol. The molecule has 0 aliphatic carbocycles. The number of halogens is 4. The molecule has 0 atom stereocenters. The Balaban J connectivity index is 2.54. The highest BCUT2D eigenvalue weighted by Crippen LogP contribution is 2.21. The zero-order chi connectivity index (χ0) is 15.4. The summed E-state index contributed by atoms with van der Waals surface area (Å²) in [4.78, 5) is -0.241. The van der Waals surface area contributed by atoms with E-state index in [2.05, 4.69) is 4.74 Å². The number of alkyl halides is 3. The van der Waals surface area contributed by atoms with E-state index in [-0.39, 0.29) is 23.6 Å². The molecule has 2 N–H and O–H groups in total. The van der Waals surface area contributed by atoms with Gasteiger partial charge in [0.2, 0.25) is 0 Å². The molecule has 0 bridgehead atoms. The highest BCUT2D eigenvalue weighted by atomic mass is 32.2. The van der Waals surface area contributed by atoms with Crippen molar-refractivity contribution in [2.24, 2.45) is 0 Å². The van der Waals surface area contributed by atoms with Crippen LogP contribution in [-0.4, -0.2) is 33.6 Å². The smallest absolute Gasteiger partial charge is 0.398 e. The maximum atomic E-state index is 12.8. The molecule has 0 aromatic heterocycles. The molecule has 0 unspecified atom stereocenters. The molecule has 0 aliphatic heterocycles. The first-order chi connectivity index (χ1) is 9.12. The molecule has 1 rings (SSSR count). The Hall–Kier alpha value is -1.35. The molecule has 20 heavy (non-hydrogen) atoms. The quantitative estimate of drug-likeness (QED) is 0.378. The van der Waals surface area contributed by atoms with E-state index in [1.165, 1.54) is 0 Å². The number of rotatable bonds is 6. The van der Waals surface area contributed by atoms with E-state index in [9.17, 15) is 26.0 Å². The van der Waals surface area contributed by atoms with Gasteiger partial charge in [-0.15, -0.1) is 0 Å². The Morgan fingerprint density at radius 1 is 1.25 bits per heavy atom. The van der Waals surface area contributed by atoms with Gasteiger partial charge in [0.15, 0.2) is 9.84 Å². The Labute approximate surface area is 113 Å². The van der Waals surface area contributed by atoms with Crippen molar-refractivity contribution in [1.29, 1.82) is 0 Å². The van der Waals surface area contributed by atoms with Gasteiger partial charge in [-0.05, 0) is 24.6 Å². The standard InChI is InChI=1S/C11H13F4NO3S/c12-8-2-3-10(9(16)6-8)20(17,18)5-1-4-19-7-11(13,14)15/h2-3,6H,1,4-5,7,16H2. The lowest BCUT2D eigenvalue weighted by Crippen LogP contribution is -2.18. The summed E-state index contributed by atoms with van der Waals surface area (Å²) in [5.74, 6) is -1.10. The molecule has 1 aromatic rings. The molecule has 0 heterocycles. The van der Waals surface area contributed by atoms with Crippen molar-refractivity contribution < 1.29 is 30.7 Å². The van der Waals surface area contributed by atoms with Crippen molar-refractivity contribution in [3.63, 3.8) is 0 Å². The van der Waals surface area contributed by atoms with Crippen molar-refractivity contribution in [1.82, 2.24) is 0 Å². The average Bonchev–Trinajstić information content (AvgIpc) is 2.26. The lowest BCUT2D eigenvalue weighted by molar-refractivity contribution is -0.173. The molecule has 4 nitrogen and oxygen atoms in total. The molecule has 9 heteroatoms. The van der Waals surface area contributed by atoms with Crippen LogP contribution in [0.25, 0.3) is 0 Å². The average molecular weight is 315 g/mol. The third kappa shape index (κ3) is 5.33. The number of anilines is 1. The Morgan fingerprint density at radius 3 is 2.45 bits per heavy atom. The van der Waals surface area contributed by atoms with Gasteiger partial charge >= 0.3 is 6.18 Å². The van der Waals surface area contributed by atoms with Crippen molar-refractivity contribution in [2.45, 2.75) is 17.5 Å². The second-order valence-electron chi connectivity index (χ2n) is 4.02. The topological polar surface area (TPSA) is 69.4 Å². The third-order valence-electron chi connectivity index (χ3n) is 2.27. The second-order valence-corrected chi connectivity index (χ2v) is 6.10. The number of sulfone groups is 1. The van der Waals surface area contributed by atoms with Crippen LogP contribution in [0.1, 0.15) is 6.42 Å². The molecule has 114 valence electrons. The first-order valence-electron chi connectivity index (χ1n) is 5.54. The van der Waals surface area contributed by atoms with Crippen LogP contribution in [0, 0.1) is 5.82 Å². The minimum Gasteiger partial charge on any atom is -0.398 e. The van der Waals surface area contributed by atoms with Gasteiger partial charge in [-0.1, -0.05) is 0 Å². The maximum absolute atomic E-state index is 12.8. The molecule has 0 saturated carbocycles. The Morgan fingerprint density at radius 2 is 1.90 bits per heavy atom. The Kier molecular flexibility index (Phi) is 5.35. The van der Waals surface area contributed by atoms with Crippen molar-refractivity contribution in [3.05, 3.63) is 24.0 Å². The lowest BCUT2D eigenvalue weighted by Gasteiger charge is -2.09. The summed E-state index contributed by atoms with van der Waals surface area (Å²) >= 11 is 0. The second kappa shape index (κ2) is 6.40. The first kappa shape index (κ1) is 16.7. The lowest BCUT2D eigenvalue weighted by atomic mass is 10.3. The maximum Gasteiger partial charge on any atom is 0.411 e. The molecule has 0 radical (unpaired) electrons. The van der Waals surface area contributed by atoms with Crippen LogP contribution >= 0.6 is 0 Å². The fourth-order valence-corrected chi connectivity index (χ4v) is 2.86. The van der Waals surface area contributed by atoms with E-state index < -0.39 is 34.2 Å². The van der Waals surface area contributed by atoms with Crippen LogP contribution in [0.15, 0.2) is 23.1 Å². The Bertz CT molecular complexity index is 557. The van der Waals surface area contributed by atoms with Gasteiger partial charge in [-0.3, -0.25) is 0 Å². The van der Waals surface area contributed by atoms with Crippen molar-refractivity contribution in [2.75, 3.05) is 24.7 Å². The van der Waals surface area contributed by atoms with Gasteiger partial charge in [0.25, 0.3) is 0 Å². The largest absolute Gasteiger partial charge is 0.411 e. The molecule has 0 amide bonds. The monoisotopic (exact) mass is 315 g/mol. The number of nitrogens with two attached hydrogens (primary N) is 1. The van der Waals surface area contributed by atoms with Crippen LogP contribution < -0.4 is 5.73 Å². The summed E-state index contributed by atoms with van der Waals surface area (Å²) in [6, 6.07) is 2.84. The number of ether oxygens (including phenoxy) is 1. The van der Waals surface area contributed by atoms with Crippen LogP contribution in [0.3, 0.4) is 0 Å². The normalized spacial score (nSPS) is 12.6. The van der Waals surface area contributed by atoms with Gasteiger partial charge in [-0.25, -0.2) is 12.8 Å². The number of nitrogen functional groups attached to an aromatic ring is 1. The van der Waals surface area contributed by atoms with E-state index in [0.717, 1.165) is 18.2 Å². The molecule has 0 spiro atoms. The fourth-order valence-electron chi connectivity index (χ4n) is 1.45. The van der Waals surface area contributed by atoms with E-state index in [1.807, 2.05) is 0 Å². The van der Waals surface area contributed by atoms with Crippen molar-refractivity contribution in [3.8, 4) is 0 Å². The SMILES string of the molecule is Nc1cc(F)ccc1S(=O)(=O)CCCOCC(F)(F)F. The van der Waals surface area contributed by atoms with Crippen LogP contribution in [0.5, 0.6) is 0 Å². The highest BCUT2D eigenvalue weighted by Gasteiger charge is 2.27. The molecule has 0 aliphatic rings. The molecule has 0 saturated heterocycles. The van der Waals surface area contributed by atoms with Crippen molar-refractivity contribution >= 4 is 15.5 Å². The van der Waals surface area contributed by atoms with E-state index >= 15 is 0 Å². The van der Waals surface area contributed by atoms with E-state index in [1.54, 1.807) is 0 Å². The summed E-state index contributed by atoms with van der Waals surface area (Å²) < 4.78 is 76.1. The first-order valence-corrected chi connectivity index (χ1v) is 7.19. The zero-order valence-electron chi connectivity index (χ0n) is 10.3. The number of hydrogen-bond acceptors (Lipinski definition) is 4. The summed E-state index contributed by atoms with van der Waals surface area (Å²) in [7, 11) is -3.78. The fraction of sp³-hybridized carbons (Fsp3) is 0.455. The summed E-state index contributed by atoms with van der Waals surface area (Å²) in [5.41, 5.74) is 5.16. The van der Waals surface area contributed by atoms with Crippen LogP contribution in [0.4, 0.5) is 23.2 Å². The number of hydrogen-bond donors (Lipinski definition) is 1. The van der Waals surface area contributed by atoms with Gasteiger partial charge in [0.1, 0.15) is 12.4 Å². The molecular formula is C11H13F4NO3S. The number of benzene rings is 1. The van der Waals surface area contributed by atoms with E-state index in [0.29, 0.717) is 0 Å². The minimum absolute atomic E-state index is 0.116. The van der Waals surface area contributed by atoms with Gasteiger partial charge in [-0.2, -0.15) is 13.2 Å². The molecule has 1 aromatic carbocycles. The predicted octanol–water partition coefficient (Wildman–Crippen LogP) is 2.15. The van der Waals surface area contributed by atoms with Gasteiger partial charge in [0.05, 0.1) is 16.3 Å².